The van der Waals surface area contributed by atoms with Gasteiger partial charge < -0.3 is 4.42 Å². The molecule has 1 amide bonds. The van der Waals surface area contributed by atoms with Gasteiger partial charge in [0.25, 0.3) is 11.8 Å². The number of hydrogen-bond acceptors (Lipinski definition) is 7. The first-order valence-corrected chi connectivity index (χ1v) is 12.2. The second-order valence-corrected chi connectivity index (χ2v) is 9.28. The number of sulfonamides is 1. The smallest absolute Gasteiger partial charge is 0.322 e. The monoisotopic (exact) mass is 470 g/mol. The lowest BCUT2D eigenvalue weighted by Crippen LogP contribution is -2.31. The van der Waals surface area contributed by atoms with E-state index in [0.717, 1.165) is 10.5 Å². The van der Waals surface area contributed by atoms with Gasteiger partial charge in [-0.1, -0.05) is 29.4 Å². The van der Waals surface area contributed by atoms with Crippen molar-refractivity contribution in [3.8, 4) is 11.5 Å². The molecule has 3 rings (SSSR count). The normalized spacial score (nSPS) is 11.3. The van der Waals surface area contributed by atoms with Crippen molar-refractivity contribution in [2.24, 2.45) is 0 Å². The molecule has 1 N–H and O–H groups in total. The minimum Gasteiger partial charge on any atom is -0.403 e. The van der Waals surface area contributed by atoms with Crippen LogP contribution in [0.5, 0.6) is 0 Å². The lowest BCUT2D eigenvalue weighted by molar-refractivity contribution is 0.102. The number of thioether (sulfide) groups is 1. The molecule has 166 valence electrons. The van der Waals surface area contributed by atoms with Crippen LogP contribution in [0.15, 0.2) is 88.0 Å². The molecule has 0 radical (unpaired) electrons. The van der Waals surface area contributed by atoms with Crippen molar-refractivity contribution in [3.05, 3.63) is 79.4 Å². The second-order valence-electron chi connectivity index (χ2n) is 6.49. The second kappa shape index (κ2) is 10.4. The van der Waals surface area contributed by atoms with E-state index in [4.69, 9.17) is 4.42 Å². The van der Waals surface area contributed by atoms with Crippen molar-refractivity contribution in [2.75, 3.05) is 24.7 Å². The Labute approximate surface area is 191 Å². The average molecular weight is 471 g/mol. The molecule has 0 aliphatic rings. The highest BCUT2D eigenvalue weighted by molar-refractivity contribution is 7.98. The predicted molar refractivity (Wildman–Crippen MR) is 125 cm³/mol. The Bertz CT molecular complexity index is 1210. The van der Waals surface area contributed by atoms with Crippen LogP contribution in [-0.2, 0) is 10.0 Å². The van der Waals surface area contributed by atoms with Crippen molar-refractivity contribution >= 4 is 33.7 Å². The number of amides is 1. The standard InChI is InChI=1S/C22H22N4O4S2/c1-4-14-26(15-5-2)32(28,29)17-12-10-16(11-13-17)20(27)23-22-25-24-21(30-22)18-8-6-7-9-19(18)31-3/h4-13H,1-2,14-15H2,3H3,(H,23,25,27). The fraction of sp³-hybridized carbons (Fsp3) is 0.136. The lowest BCUT2D eigenvalue weighted by Gasteiger charge is -2.19. The molecule has 0 spiro atoms. The van der Waals surface area contributed by atoms with Gasteiger partial charge in [-0.2, -0.15) is 4.31 Å². The van der Waals surface area contributed by atoms with E-state index in [-0.39, 0.29) is 35.5 Å². The average Bonchev–Trinajstić information content (AvgIpc) is 3.27. The summed E-state index contributed by atoms with van der Waals surface area (Å²) in [6.45, 7) is 7.46. The fourth-order valence-electron chi connectivity index (χ4n) is 2.86. The van der Waals surface area contributed by atoms with Crippen LogP contribution in [0.25, 0.3) is 11.5 Å². The Morgan fingerprint density at radius 2 is 1.75 bits per heavy atom. The molecule has 1 heterocycles. The SMILES string of the molecule is C=CCN(CC=C)S(=O)(=O)c1ccc(C(=O)Nc2nnc(-c3ccccc3SC)o2)cc1. The van der Waals surface area contributed by atoms with Crippen LogP contribution in [0, 0.1) is 0 Å². The third-order valence-electron chi connectivity index (χ3n) is 4.40. The zero-order valence-electron chi connectivity index (χ0n) is 17.4. The molecule has 8 nitrogen and oxygen atoms in total. The molecular weight excluding hydrogens is 448 g/mol. The Kier molecular flexibility index (Phi) is 7.62. The lowest BCUT2D eigenvalue weighted by atomic mass is 10.2. The van der Waals surface area contributed by atoms with Crippen LogP contribution in [0.4, 0.5) is 6.01 Å². The van der Waals surface area contributed by atoms with E-state index in [2.05, 4.69) is 28.7 Å². The van der Waals surface area contributed by atoms with Gasteiger partial charge in [-0.3, -0.25) is 10.1 Å². The number of hydrogen-bond donors (Lipinski definition) is 1. The number of aromatic nitrogens is 2. The highest BCUT2D eigenvalue weighted by Gasteiger charge is 2.23. The van der Waals surface area contributed by atoms with Crippen LogP contribution in [0.1, 0.15) is 10.4 Å². The molecule has 0 atom stereocenters. The zero-order chi connectivity index (χ0) is 23.1. The van der Waals surface area contributed by atoms with Crippen LogP contribution >= 0.6 is 11.8 Å². The van der Waals surface area contributed by atoms with Gasteiger partial charge >= 0.3 is 6.01 Å². The number of rotatable bonds is 10. The first kappa shape index (κ1) is 23.5. The maximum atomic E-state index is 12.8. The van der Waals surface area contributed by atoms with Gasteiger partial charge in [0.1, 0.15) is 0 Å². The van der Waals surface area contributed by atoms with E-state index in [1.54, 1.807) is 11.8 Å². The largest absolute Gasteiger partial charge is 0.403 e. The van der Waals surface area contributed by atoms with Gasteiger partial charge in [-0.05, 0) is 42.7 Å². The van der Waals surface area contributed by atoms with Gasteiger partial charge in [0.15, 0.2) is 0 Å². The summed E-state index contributed by atoms with van der Waals surface area (Å²) in [6, 6.07) is 13.1. The van der Waals surface area contributed by atoms with Gasteiger partial charge in [0.05, 0.1) is 10.5 Å². The van der Waals surface area contributed by atoms with E-state index in [0.29, 0.717) is 0 Å². The molecule has 0 saturated carbocycles. The molecule has 0 saturated heterocycles. The summed E-state index contributed by atoms with van der Waals surface area (Å²) in [6.07, 6.45) is 4.94. The molecule has 32 heavy (non-hydrogen) atoms. The molecule has 2 aromatic carbocycles. The van der Waals surface area contributed by atoms with Gasteiger partial charge in [0, 0.05) is 23.5 Å². The summed E-state index contributed by atoms with van der Waals surface area (Å²) in [4.78, 5) is 13.6. The Morgan fingerprint density at radius 1 is 1.09 bits per heavy atom. The summed E-state index contributed by atoms with van der Waals surface area (Å²) in [5.74, 6) is -0.215. The van der Waals surface area contributed by atoms with Crippen LogP contribution in [-0.4, -0.2) is 48.2 Å². The highest BCUT2D eigenvalue weighted by Crippen LogP contribution is 2.29. The first-order chi connectivity index (χ1) is 15.4. The third kappa shape index (κ3) is 5.16. The number of carbonyl (C=O) groups is 1. The molecule has 0 aliphatic carbocycles. The first-order valence-electron chi connectivity index (χ1n) is 9.51. The van der Waals surface area contributed by atoms with Gasteiger partial charge in [-0.25, -0.2) is 8.42 Å². The topological polar surface area (TPSA) is 105 Å². The molecule has 0 fully saturated rings. The van der Waals surface area contributed by atoms with Crippen molar-refractivity contribution in [1.29, 1.82) is 0 Å². The quantitative estimate of drug-likeness (QED) is 0.352. The van der Waals surface area contributed by atoms with Crippen molar-refractivity contribution < 1.29 is 17.6 Å². The molecule has 3 aromatic rings. The van der Waals surface area contributed by atoms with Crippen LogP contribution < -0.4 is 5.32 Å². The van der Waals surface area contributed by atoms with E-state index in [1.807, 2.05) is 30.5 Å². The molecule has 0 unspecified atom stereocenters. The number of anilines is 1. The summed E-state index contributed by atoms with van der Waals surface area (Å²) >= 11 is 1.54. The van der Waals surface area contributed by atoms with E-state index >= 15 is 0 Å². The molecule has 0 bridgehead atoms. The Balaban J connectivity index is 1.75. The molecular formula is C22H22N4O4S2. The van der Waals surface area contributed by atoms with E-state index < -0.39 is 15.9 Å². The summed E-state index contributed by atoms with van der Waals surface area (Å²) in [7, 11) is -3.74. The Morgan fingerprint density at radius 3 is 2.38 bits per heavy atom. The highest BCUT2D eigenvalue weighted by atomic mass is 32.2. The minimum atomic E-state index is -3.74. The molecule has 1 aromatic heterocycles. The van der Waals surface area contributed by atoms with Crippen molar-refractivity contribution in [2.45, 2.75) is 9.79 Å². The van der Waals surface area contributed by atoms with Crippen LogP contribution in [0.3, 0.4) is 0 Å². The number of nitrogens with zero attached hydrogens (tertiary/aromatic N) is 3. The number of benzene rings is 2. The van der Waals surface area contributed by atoms with Gasteiger partial charge in [0.2, 0.25) is 10.0 Å². The van der Waals surface area contributed by atoms with Crippen molar-refractivity contribution in [3.63, 3.8) is 0 Å². The van der Waals surface area contributed by atoms with Crippen LogP contribution in [0.2, 0.25) is 0 Å². The third-order valence-corrected chi connectivity index (χ3v) is 7.04. The maximum absolute atomic E-state index is 12.8. The molecule has 10 heteroatoms. The van der Waals surface area contributed by atoms with Gasteiger partial charge in [-0.15, -0.1) is 30.0 Å². The zero-order valence-corrected chi connectivity index (χ0v) is 19.0. The predicted octanol–water partition coefficient (Wildman–Crippen LogP) is 4.07. The minimum absolute atomic E-state index is 0.0549. The summed E-state index contributed by atoms with van der Waals surface area (Å²) < 4.78 is 32.3. The fourth-order valence-corrected chi connectivity index (χ4v) is 4.83. The Hall–Kier alpha value is -3.21. The summed E-state index contributed by atoms with van der Waals surface area (Å²) in [5.41, 5.74) is 1.01. The number of nitrogens with one attached hydrogen (secondary N) is 1. The summed E-state index contributed by atoms with van der Waals surface area (Å²) in [5, 5.41) is 10.4. The van der Waals surface area contributed by atoms with E-state index in [9.17, 15) is 13.2 Å². The van der Waals surface area contributed by atoms with Crippen molar-refractivity contribution in [1.82, 2.24) is 14.5 Å². The number of carbonyl (C=O) groups excluding carboxylic acids is 1. The van der Waals surface area contributed by atoms with E-state index in [1.165, 1.54) is 40.7 Å². The maximum Gasteiger partial charge on any atom is 0.322 e. The molecule has 0 aliphatic heterocycles.